The molecule has 0 spiro atoms. The number of rotatable bonds is 5. The van der Waals surface area contributed by atoms with Crippen molar-refractivity contribution in [2.45, 2.75) is 43.1 Å². The second kappa shape index (κ2) is 8.86. The van der Waals surface area contributed by atoms with Gasteiger partial charge in [0.1, 0.15) is 51.8 Å². The Balaban J connectivity index is 2.03. The zero-order valence-corrected chi connectivity index (χ0v) is 19.3. The van der Waals surface area contributed by atoms with E-state index in [4.69, 9.17) is 9.47 Å². The van der Waals surface area contributed by atoms with E-state index in [0.717, 1.165) is 11.3 Å². The molecule has 0 unspecified atom stereocenters. The van der Waals surface area contributed by atoms with Gasteiger partial charge in [0, 0.05) is 29.9 Å². The van der Waals surface area contributed by atoms with Gasteiger partial charge < -0.3 is 19.7 Å². The Morgan fingerprint density at radius 1 is 1.44 bits per heavy atom. The molecule has 12 heteroatoms. The van der Waals surface area contributed by atoms with Crippen LogP contribution in [0.3, 0.4) is 0 Å². The maximum atomic E-state index is 11.6. The Kier molecular flexibility index (Phi) is 6.30. The second-order valence-electron chi connectivity index (χ2n) is 7.54. The quantitative estimate of drug-likeness (QED) is 0.463. The predicted molar refractivity (Wildman–Crippen MR) is 118 cm³/mol. The molecule has 3 aromatic heterocycles. The van der Waals surface area contributed by atoms with Gasteiger partial charge in [0.25, 0.3) is 0 Å². The summed E-state index contributed by atoms with van der Waals surface area (Å²) in [5.74, 6) is 0. The number of nitrogens with zero attached hydrogens (tertiary/aromatic N) is 6. The normalized spacial score (nSPS) is 27.9. The summed E-state index contributed by atoms with van der Waals surface area (Å²) in [7, 11) is 1.45. The molecule has 0 saturated carbocycles. The smallest absolute Gasteiger partial charge is 0.150 e. The third-order valence-electron chi connectivity index (χ3n) is 5.52. The van der Waals surface area contributed by atoms with E-state index in [9.17, 15) is 15.5 Å². The minimum Gasteiger partial charge on any atom is -0.394 e. The number of methoxy groups -OCH3 is 1. The van der Waals surface area contributed by atoms with E-state index in [1.54, 1.807) is 18.5 Å². The molecule has 0 aromatic carbocycles. The monoisotopic (exact) mass is 474 g/mol. The fourth-order valence-electron chi connectivity index (χ4n) is 4.11. The van der Waals surface area contributed by atoms with Gasteiger partial charge in [-0.2, -0.15) is 5.26 Å². The van der Waals surface area contributed by atoms with Crippen LogP contribution in [0.4, 0.5) is 0 Å². The van der Waals surface area contributed by atoms with E-state index in [1.165, 1.54) is 23.1 Å². The van der Waals surface area contributed by atoms with Gasteiger partial charge in [0.05, 0.1) is 12.8 Å². The Bertz CT molecular complexity index is 1160. The number of nitriles is 1. The number of thiazole rings is 1. The van der Waals surface area contributed by atoms with Gasteiger partial charge in [-0.1, -0.05) is 5.21 Å². The van der Waals surface area contributed by atoms with Crippen LogP contribution in [0.15, 0.2) is 23.8 Å². The lowest BCUT2D eigenvalue weighted by Gasteiger charge is -2.51. The highest BCUT2D eigenvalue weighted by molar-refractivity contribution is 7.80. The average molecular weight is 475 g/mol. The Morgan fingerprint density at radius 2 is 2.22 bits per heavy atom. The molecule has 0 bridgehead atoms. The van der Waals surface area contributed by atoms with Crippen LogP contribution >= 0.6 is 24.0 Å². The molecule has 32 heavy (non-hydrogen) atoms. The number of ether oxygens (including phenoxy) is 2. The maximum Gasteiger partial charge on any atom is 0.150 e. The molecule has 4 rings (SSSR count). The molecule has 4 heterocycles. The number of aromatic nitrogens is 5. The summed E-state index contributed by atoms with van der Waals surface area (Å²) < 4.78 is 12.9. The number of thiol groups is 1. The van der Waals surface area contributed by atoms with Crippen LogP contribution in [-0.4, -0.2) is 72.6 Å². The molecular weight excluding hydrogens is 452 g/mol. The van der Waals surface area contributed by atoms with Crippen LogP contribution in [0.25, 0.3) is 10.7 Å². The molecule has 0 radical (unpaired) electrons. The number of pyridine rings is 1. The first-order valence-corrected chi connectivity index (χ1v) is 11.1. The predicted octanol–water partition coefficient (Wildman–Crippen LogP) is 1.05. The zero-order valence-electron chi connectivity index (χ0n) is 17.6. The first kappa shape index (κ1) is 22.8. The lowest BCUT2D eigenvalue weighted by molar-refractivity contribution is -0.213. The summed E-state index contributed by atoms with van der Waals surface area (Å²) >= 11 is 5.94. The first-order valence-electron chi connectivity index (χ1n) is 9.74. The van der Waals surface area contributed by atoms with E-state index in [2.05, 4.69) is 39.0 Å². The number of hydrogen-bond acceptors (Lipinski definition) is 11. The lowest BCUT2D eigenvalue weighted by atomic mass is 9.74. The van der Waals surface area contributed by atoms with Crippen LogP contribution in [0.2, 0.25) is 0 Å². The number of aliphatic hydroxyl groups excluding tert-OH is 2. The third kappa shape index (κ3) is 3.51. The highest BCUT2D eigenvalue weighted by Crippen LogP contribution is 2.45. The first-order chi connectivity index (χ1) is 15.4. The summed E-state index contributed by atoms with van der Waals surface area (Å²) in [6.07, 6.45) is -0.102. The molecule has 0 aliphatic carbocycles. The minimum atomic E-state index is -1.52. The van der Waals surface area contributed by atoms with E-state index >= 15 is 0 Å². The molecule has 1 aliphatic heterocycles. The van der Waals surface area contributed by atoms with Crippen LogP contribution in [0.1, 0.15) is 22.5 Å². The van der Waals surface area contributed by atoms with E-state index in [1.807, 2.05) is 19.2 Å². The molecule has 3 aromatic rings. The van der Waals surface area contributed by atoms with Crippen molar-refractivity contribution in [1.29, 1.82) is 5.26 Å². The summed E-state index contributed by atoms with van der Waals surface area (Å²) in [4.78, 5) is 8.71. The van der Waals surface area contributed by atoms with Gasteiger partial charge in [0.15, 0.2) is 0 Å². The fourth-order valence-corrected chi connectivity index (χ4v) is 5.36. The van der Waals surface area contributed by atoms with Crippen molar-refractivity contribution < 1.29 is 19.7 Å². The van der Waals surface area contributed by atoms with Crippen LogP contribution in [0, 0.1) is 25.2 Å². The summed E-state index contributed by atoms with van der Waals surface area (Å²) in [5.41, 5.74) is 0.173. The highest BCUT2D eigenvalue weighted by Gasteiger charge is 2.60. The second-order valence-corrected chi connectivity index (χ2v) is 8.90. The van der Waals surface area contributed by atoms with Crippen molar-refractivity contribution in [1.82, 2.24) is 25.0 Å². The van der Waals surface area contributed by atoms with E-state index in [-0.39, 0.29) is 5.69 Å². The van der Waals surface area contributed by atoms with Gasteiger partial charge >= 0.3 is 0 Å². The highest BCUT2D eigenvalue weighted by atomic mass is 32.1. The molecule has 5 atom stereocenters. The largest absolute Gasteiger partial charge is 0.394 e. The van der Waals surface area contributed by atoms with Crippen LogP contribution in [-0.2, 0) is 15.0 Å². The minimum absolute atomic E-state index is 0.0815. The lowest BCUT2D eigenvalue weighted by Crippen LogP contribution is -2.68. The van der Waals surface area contributed by atoms with Crippen LogP contribution in [0.5, 0.6) is 0 Å². The Hall–Kier alpha value is -2.40. The van der Waals surface area contributed by atoms with Gasteiger partial charge in [-0.05, 0) is 25.5 Å². The number of aryl methyl sites for hydroxylation is 2. The SMILES string of the molecule is CO[C@@H]1[C@H](S)O[C@@H](CO)[C@@H](O)[C@@]1(c1cc(C)cnc1C#N)n1cc(-c2nc(C)cs2)nn1. The molecule has 2 N–H and O–H groups in total. The molecule has 1 saturated heterocycles. The van der Waals surface area contributed by atoms with E-state index < -0.39 is 35.9 Å². The van der Waals surface area contributed by atoms with Crippen molar-refractivity contribution >= 4 is 24.0 Å². The standard InChI is InChI=1S/C20H22N6O4S2/c1-10-4-12(13(5-21)22-6-10)20(16(28)15(8-27)30-19(31)17(20)29-3)26-7-14(24-25-26)18-23-11(2)9-32-18/h4,6-7,9,15-17,19,27-28,31H,8H2,1-3H3/t15-,16+,17+,19-,20+/m0/s1. The van der Waals surface area contributed by atoms with Gasteiger partial charge in [-0.3, -0.25) is 0 Å². The molecule has 168 valence electrons. The molecule has 1 aliphatic rings. The zero-order chi connectivity index (χ0) is 23.0. The van der Waals surface area contributed by atoms with Crippen molar-refractivity contribution in [3.05, 3.63) is 46.4 Å². The molecule has 0 amide bonds. The van der Waals surface area contributed by atoms with E-state index in [0.29, 0.717) is 16.3 Å². The Labute approximate surface area is 193 Å². The third-order valence-corrected chi connectivity index (χ3v) is 6.89. The van der Waals surface area contributed by atoms with Crippen LogP contribution < -0.4 is 0 Å². The van der Waals surface area contributed by atoms with Crippen molar-refractivity contribution in [3.63, 3.8) is 0 Å². The molecule has 10 nitrogen and oxygen atoms in total. The number of hydrogen-bond donors (Lipinski definition) is 3. The Morgan fingerprint density at radius 3 is 2.84 bits per heavy atom. The van der Waals surface area contributed by atoms with Crippen molar-refractivity contribution in [2.24, 2.45) is 0 Å². The van der Waals surface area contributed by atoms with Gasteiger partial charge in [0.2, 0.25) is 0 Å². The summed E-state index contributed by atoms with van der Waals surface area (Å²) in [6, 6.07) is 3.84. The molecule has 1 fully saturated rings. The summed E-state index contributed by atoms with van der Waals surface area (Å²) in [6.45, 7) is 3.22. The van der Waals surface area contributed by atoms with Crippen molar-refractivity contribution in [2.75, 3.05) is 13.7 Å². The topological polar surface area (TPSA) is 139 Å². The fraction of sp³-hybridized carbons (Fsp3) is 0.450. The number of aliphatic hydroxyl groups is 2. The van der Waals surface area contributed by atoms with Gasteiger partial charge in [-0.15, -0.1) is 29.1 Å². The average Bonchev–Trinajstić information content (AvgIpc) is 3.44. The maximum absolute atomic E-state index is 11.6. The molecular formula is C20H22N6O4S2. The van der Waals surface area contributed by atoms with Crippen molar-refractivity contribution in [3.8, 4) is 16.8 Å². The summed E-state index contributed by atoms with van der Waals surface area (Å²) in [5, 5.41) is 42.5. The van der Waals surface area contributed by atoms with Gasteiger partial charge in [-0.25, -0.2) is 14.6 Å².